The summed E-state index contributed by atoms with van der Waals surface area (Å²) in [6.45, 7) is 0. The molecule has 0 aliphatic heterocycles. The first-order chi connectivity index (χ1) is 12.1. The van der Waals surface area contributed by atoms with Gasteiger partial charge in [0, 0.05) is 31.4 Å². The lowest BCUT2D eigenvalue weighted by molar-refractivity contribution is 1.09. The van der Waals surface area contributed by atoms with Crippen LogP contribution in [0.1, 0.15) is 5.56 Å². The van der Waals surface area contributed by atoms with Crippen LogP contribution in [0.25, 0.3) is 11.3 Å². The van der Waals surface area contributed by atoms with E-state index in [9.17, 15) is 4.79 Å². The van der Waals surface area contributed by atoms with Crippen molar-refractivity contribution in [2.24, 2.45) is 5.10 Å². The van der Waals surface area contributed by atoms with Gasteiger partial charge in [0.1, 0.15) is 0 Å². The number of rotatable bonds is 5. The van der Waals surface area contributed by atoms with E-state index in [0.717, 1.165) is 16.8 Å². The van der Waals surface area contributed by atoms with Crippen LogP contribution >= 0.6 is 0 Å². The quantitative estimate of drug-likeness (QED) is 0.556. The zero-order valence-corrected chi connectivity index (χ0v) is 14.1. The molecule has 0 saturated carbocycles. The Morgan fingerprint density at radius 2 is 1.80 bits per heavy atom. The van der Waals surface area contributed by atoms with Crippen molar-refractivity contribution in [1.82, 2.24) is 9.97 Å². The Balaban J connectivity index is 1.75. The average molecular weight is 333 g/mol. The summed E-state index contributed by atoms with van der Waals surface area (Å²) in [5, 5.41) is 4.14. The first-order valence-corrected chi connectivity index (χ1v) is 7.85. The van der Waals surface area contributed by atoms with Crippen molar-refractivity contribution < 1.29 is 0 Å². The van der Waals surface area contributed by atoms with Crippen molar-refractivity contribution >= 4 is 17.9 Å². The van der Waals surface area contributed by atoms with E-state index >= 15 is 0 Å². The summed E-state index contributed by atoms with van der Waals surface area (Å²) in [6, 6.07) is 19.0. The van der Waals surface area contributed by atoms with Crippen LogP contribution in [0.4, 0.5) is 11.6 Å². The van der Waals surface area contributed by atoms with Gasteiger partial charge in [-0.15, -0.1) is 0 Å². The van der Waals surface area contributed by atoms with Crippen molar-refractivity contribution in [1.29, 1.82) is 0 Å². The highest BCUT2D eigenvalue weighted by atomic mass is 16.1. The maximum atomic E-state index is 11.8. The number of nitrogens with one attached hydrogen (secondary N) is 2. The van der Waals surface area contributed by atoms with Gasteiger partial charge in [-0.25, -0.2) is 10.4 Å². The van der Waals surface area contributed by atoms with Gasteiger partial charge in [-0.2, -0.15) is 5.10 Å². The van der Waals surface area contributed by atoms with Gasteiger partial charge in [0.15, 0.2) is 0 Å². The minimum Gasteiger partial charge on any atom is -0.378 e. The molecule has 0 aliphatic carbocycles. The maximum Gasteiger partial charge on any atom is 0.252 e. The molecule has 0 fully saturated rings. The number of aromatic amines is 1. The van der Waals surface area contributed by atoms with Crippen molar-refractivity contribution in [2.75, 3.05) is 24.4 Å². The number of aromatic nitrogens is 2. The third-order valence-corrected chi connectivity index (χ3v) is 3.60. The summed E-state index contributed by atoms with van der Waals surface area (Å²) in [5.41, 5.74) is 6.07. The van der Waals surface area contributed by atoms with Gasteiger partial charge >= 0.3 is 0 Å². The van der Waals surface area contributed by atoms with Crippen LogP contribution in [-0.4, -0.2) is 30.3 Å². The molecule has 0 bridgehead atoms. The number of anilines is 2. The Hall–Kier alpha value is -3.41. The zero-order chi connectivity index (χ0) is 17.6. The van der Waals surface area contributed by atoms with Crippen LogP contribution in [0, 0.1) is 0 Å². The minimum absolute atomic E-state index is 0.234. The topological polar surface area (TPSA) is 73.4 Å². The molecule has 1 heterocycles. The molecule has 0 unspecified atom stereocenters. The summed E-state index contributed by atoms with van der Waals surface area (Å²) in [4.78, 5) is 20.9. The van der Waals surface area contributed by atoms with E-state index in [1.165, 1.54) is 6.07 Å². The third kappa shape index (κ3) is 4.32. The lowest BCUT2D eigenvalue weighted by Crippen LogP contribution is -2.10. The van der Waals surface area contributed by atoms with E-state index in [-0.39, 0.29) is 5.56 Å². The molecular weight excluding hydrogens is 314 g/mol. The van der Waals surface area contributed by atoms with Crippen molar-refractivity contribution in [3.8, 4) is 11.3 Å². The zero-order valence-electron chi connectivity index (χ0n) is 14.1. The highest BCUT2D eigenvalue weighted by molar-refractivity contribution is 5.80. The van der Waals surface area contributed by atoms with Crippen molar-refractivity contribution in [3.63, 3.8) is 0 Å². The van der Waals surface area contributed by atoms with Crippen LogP contribution in [0.3, 0.4) is 0 Å². The fourth-order valence-corrected chi connectivity index (χ4v) is 2.29. The van der Waals surface area contributed by atoms with E-state index in [1.807, 2.05) is 73.6 Å². The Morgan fingerprint density at radius 1 is 1.08 bits per heavy atom. The summed E-state index contributed by atoms with van der Waals surface area (Å²) >= 11 is 0. The van der Waals surface area contributed by atoms with Gasteiger partial charge in [-0.05, 0) is 17.7 Å². The van der Waals surface area contributed by atoms with Gasteiger partial charge in [0.25, 0.3) is 5.56 Å². The summed E-state index contributed by atoms with van der Waals surface area (Å²) in [5.74, 6) is 0.299. The van der Waals surface area contributed by atoms with E-state index < -0.39 is 0 Å². The van der Waals surface area contributed by atoms with Crippen LogP contribution in [0.5, 0.6) is 0 Å². The molecule has 1 aromatic heterocycles. The first-order valence-electron chi connectivity index (χ1n) is 7.85. The fourth-order valence-electron chi connectivity index (χ4n) is 2.29. The molecule has 6 heteroatoms. The van der Waals surface area contributed by atoms with E-state index in [1.54, 1.807) is 6.21 Å². The molecule has 2 N–H and O–H groups in total. The fraction of sp³-hybridized carbons (Fsp3) is 0.105. The molecule has 0 aliphatic rings. The minimum atomic E-state index is -0.234. The number of hydrazone groups is 1. The van der Waals surface area contributed by atoms with E-state index in [0.29, 0.717) is 11.6 Å². The number of H-pyrrole nitrogens is 1. The molecule has 126 valence electrons. The maximum absolute atomic E-state index is 11.8. The smallest absolute Gasteiger partial charge is 0.252 e. The predicted octanol–water partition coefficient (Wildman–Crippen LogP) is 2.95. The number of nitrogens with zero attached hydrogens (tertiary/aromatic N) is 3. The van der Waals surface area contributed by atoms with Gasteiger partial charge in [0.05, 0.1) is 11.9 Å². The Kier molecular flexibility index (Phi) is 4.89. The molecule has 3 rings (SSSR count). The van der Waals surface area contributed by atoms with E-state index in [2.05, 4.69) is 20.5 Å². The average Bonchev–Trinajstić information content (AvgIpc) is 2.62. The van der Waals surface area contributed by atoms with E-state index in [4.69, 9.17) is 0 Å². The van der Waals surface area contributed by atoms with Crippen molar-refractivity contribution in [3.05, 3.63) is 76.6 Å². The molecule has 3 aromatic rings. The lowest BCUT2D eigenvalue weighted by Gasteiger charge is -2.11. The summed E-state index contributed by atoms with van der Waals surface area (Å²) < 4.78 is 0. The summed E-state index contributed by atoms with van der Waals surface area (Å²) in [6.07, 6.45) is 1.68. The normalized spacial score (nSPS) is 10.8. The molecule has 0 atom stereocenters. The highest BCUT2D eigenvalue weighted by Gasteiger charge is 2.03. The Morgan fingerprint density at radius 3 is 2.48 bits per heavy atom. The van der Waals surface area contributed by atoms with Gasteiger partial charge < -0.3 is 4.90 Å². The van der Waals surface area contributed by atoms with Gasteiger partial charge in [-0.1, -0.05) is 42.5 Å². The Labute approximate surface area is 145 Å². The number of benzene rings is 2. The molecular formula is C19H19N5O. The standard InChI is InChI=1S/C19H19N5O/c1-24(2)16-10-8-14(9-11-16)13-20-23-19-21-17(12-18(25)22-19)15-6-4-3-5-7-15/h3-13H,1-2H3,(H2,21,22,23,25)/b20-13-. The van der Waals surface area contributed by atoms with Gasteiger partial charge in [0.2, 0.25) is 5.95 Å². The Bertz CT molecular complexity index is 915. The molecule has 2 aromatic carbocycles. The SMILES string of the molecule is CN(C)c1ccc(/C=N\Nc2nc(-c3ccccc3)cc(=O)[nH]2)cc1. The second-order valence-corrected chi connectivity index (χ2v) is 5.70. The second kappa shape index (κ2) is 7.44. The second-order valence-electron chi connectivity index (χ2n) is 5.70. The monoisotopic (exact) mass is 333 g/mol. The molecule has 0 radical (unpaired) electrons. The van der Waals surface area contributed by atoms with Crippen LogP contribution in [-0.2, 0) is 0 Å². The van der Waals surface area contributed by atoms with Crippen molar-refractivity contribution in [2.45, 2.75) is 0 Å². The third-order valence-electron chi connectivity index (χ3n) is 3.60. The molecule has 0 amide bonds. The molecule has 6 nitrogen and oxygen atoms in total. The number of hydrogen-bond donors (Lipinski definition) is 2. The van der Waals surface area contributed by atoms with Gasteiger partial charge in [-0.3, -0.25) is 9.78 Å². The van der Waals surface area contributed by atoms with Crippen LogP contribution < -0.4 is 15.9 Å². The summed E-state index contributed by atoms with van der Waals surface area (Å²) in [7, 11) is 3.98. The highest BCUT2D eigenvalue weighted by Crippen LogP contribution is 2.15. The first kappa shape index (κ1) is 16.4. The van der Waals surface area contributed by atoms with Crippen LogP contribution in [0.2, 0.25) is 0 Å². The van der Waals surface area contributed by atoms with Crippen LogP contribution in [0.15, 0.2) is 70.6 Å². The molecule has 0 saturated heterocycles. The lowest BCUT2D eigenvalue weighted by atomic mass is 10.1. The molecule has 0 spiro atoms. The predicted molar refractivity (Wildman–Crippen MR) is 102 cm³/mol. The largest absolute Gasteiger partial charge is 0.378 e. The number of hydrogen-bond acceptors (Lipinski definition) is 5. The molecule has 25 heavy (non-hydrogen) atoms.